The number of hydrogen-bond donors (Lipinski definition) is 0. The molecule has 6 rings (SSSR count). The van der Waals surface area contributed by atoms with Crippen LogP contribution in [0.4, 0.5) is 0 Å². The highest BCUT2D eigenvalue weighted by atomic mass is 79.9. The lowest BCUT2D eigenvalue weighted by Gasteiger charge is -2.24. The Morgan fingerprint density at radius 3 is 1.56 bits per heavy atom. The largest absolute Gasteiger partial charge is 0.309 e. The van der Waals surface area contributed by atoms with Gasteiger partial charge in [0.15, 0.2) is 0 Å². The van der Waals surface area contributed by atoms with Crippen LogP contribution in [0.25, 0.3) is 27.5 Å². The summed E-state index contributed by atoms with van der Waals surface area (Å²) in [5.41, 5.74) is 15.8. The Kier molecular flexibility index (Phi) is 6.51. The third kappa shape index (κ3) is 4.43. The minimum absolute atomic E-state index is 0.151. The summed E-state index contributed by atoms with van der Waals surface area (Å²) < 4.78 is 3.49. The summed E-state index contributed by atoms with van der Waals surface area (Å²) in [7, 11) is 0. The molecular formula is C36H33BBrN. The van der Waals surface area contributed by atoms with E-state index in [2.05, 4.69) is 153 Å². The normalized spacial score (nSPS) is 11.5. The molecule has 0 aliphatic heterocycles. The molecule has 0 amide bonds. The average molecular weight is 570 g/mol. The molecule has 0 fully saturated rings. The minimum Gasteiger partial charge on any atom is -0.309 e. The highest BCUT2D eigenvalue weighted by Crippen LogP contribution is 2.33. The quantitative estimate of drug-likeness (QED) is 0.190. The Bertz CT molecular complexity index is 1780. The van der Waals surface area contributed by atoms with Gasteiger partial charge >= 0.3 is 0 Å². The predicted octanol–water partition coefficient (Wildman–Crippen LogP) is 7.91. The van der Waals surface area contributed by atoms with Gasteiger partial charge in [-0.3, -0.25) is 0 Å². The number of halogens is 1. The molecule has 0 N–H and O–H groups in total. The standard InChI is InChI=1S/C36H33BBrN/c1-22-16-24(3)35(25(4)17-22)37(36-26(5)18-23(2)19-27(36)6)28-12-14-33-31(20-28)32-21-29(38)13-15-34(32)39(33)30-10-8-7-9-11-30/h7-21H,1-6H3. The van der Waals surface area contributed by atoms with Crippen LogP contribution in [0.2, 0.25) is 0 Å². The van der Waals surface area contributed by atoms with Crippen LogP contribution in [0.1, 0.15) is 33.4 Å². The van der Waals surface area contributed by atoms with Gasteiger partial charge in [-0.25, -0.2) is 0 Å². The molecule has 0 aliphatic rings. The first-order valence-electron chi connectivity index (χ1n) is 13.7. The molecule has 0 aliphatic carbocycles. The first-order chi connectivity index (χ1) is 18.7. The van der Waals surface area contributed by atoms with E-state index in [0.717, 1.165) is 4.47 Å². The van der Waals surface area contributed by atoms with Crippen molar-refractivity contribution in [1.29, 1.82) is 0 Å². The molecule has 3 heteroatoms. The Balaban J connectivity index is 1.70. The molecule has 0 atom stereocenters. The van der Waals surface area contributed by atoms with E-state index < -0.39 is 0 Å². The molecule has 192 valence electrons. The summed E-state index contributed by atoms with van der Waals surface area (Å²) in [6.45, 7) is 13.7. The number of rotatable bonds is 4. The first-order valence-corrected chi connectivity index (χ1v) is 14.5. The van der Waals surface area contributed by atoms with Crippen LogP contribution < -0.4 is 16.4 Å². The predicted molar refractivity (Wildman–Crippen MR) is 174 cm³/mol. The molecule has 0 saturated carbocycles. The number of aryl methyl sites for hydroxylation is 6. The maximum Gasteiger partial charge on any atom is 0.242 e. The zero-order valence-corrected chi connectivity index (χ0v) is 25.1. The van der Waals surface area contributed by atoms with Crippen molar-refractivity contribution in [2.75, 3.05) is 0 Å². The Labute approximate surface area is 240 Å². The van der Waals surface area contributed by atoms with Crippen molar-refractivity contribution in [3.8, 4) is 5.69 Å². The Hall–Kier alpha value is -3.56. The third-order valence-electron chi connectivity index (χ3n) is 8.15. The highest BCUT2D eigenvalue weighted by molar-refractivity contribution is 9.10. The van der Waals surface area contributed by atoms with Crippen LogP contribution in [0.15, 0.2) is 95.5 Å². The van der Waals surface area contributed by atoms with Crippen LogP contribution in [0, 0.1) is 41.5 Å². The van der Waals surface area contributed by atoms with E-state index in [4.69, 9.17) is 0 Å². The first kappa shape index (κ1) is 25.7. The molecule has 0 saturated heterocycles. The summed E-state index contributed by atoms with van der Waals surface area (Å²) in [6.07, 6.45) is 0. The zero-order valence-electron chi connectivity index (χ0n) is 23.6. The van der Waals surface area contributed by atoms with Gasteiger partial charge in [-0.15, -0.1) is 0 Å². The van der Waals surface area contributed by atoms with Gasteiger partial charge in [0, 0.05) is 20.9 Å². The van der Waals surface area contributed by atoms with E-state index in [1.54, 1.807) is 0 Å². The fraction of sp³-hybridized carbons (Fsp3) is 0.167. The minimum atomic E-state index is 0.151. The van der Waals surface area contributed by atoms with Gasteiger partial charge in [0.25, 0.3) is 0 Å². The van der Waals surface area contributed by atoms with E-state index in [1.807, 2.05) is 0 Å². The summed E-state index contributed by atoms with van der Waals surface area (Å²) in [5.74, 6) is 0. The second kappa shape index (κ2) is 9.88. The van der Waals surface area contributed by atoms with Crippen molar-refractivity contribution in [2.24, 2.45) is 0 Å². The second-order valence-corrected chi connectivity index (χ2v) is 12.1. The van der Waals surface area contributed by atoms with Crippen molar-refractivity contribution >= 4 is 60.8 Å². The molecule has 1 nitrogen and oxygen atoms in total. The fourth-order valence-corrected chi connectivity index (χ4v) is 7.18. The summed E-state index contributed by atoms with van der Waals surface area (Å²) in [6, 6.07) is 33.8. The number of hydrogen-bond acceptors (Lipinski definition) is 0. The lowest BCUT2D eigenvalue weighted by atomic mass is 9.34. The molecule has 0 radical (unpaired) electrons. The summed E-state index contributed by atoms with van der Waals surface area (Å²) in [4.78, 5) is 0. The highest BCUT2D eigenvalue weighted by Gasteiger charge is 2.29. The van der Waals surface area contributed by atoms with E-state index in [9.17, 15) is 0 Å². The van der Waals surface area contributed by atoms with Crippen molar-refractivity contribution in [1.82, 2.24) is 4.57 Å². The van der Waals surface area contributed by atoms with E-state index in [0.29, 0.717) is 0 Å². The fourth-order valence-electron chi connectivity index (χ4n) is 6.82. The lowest BCUT2D eigenvalue weighted by Crippen LogP contribution is -2.55. The van der Waals surface area contributed by atoms with Crippen molar-refractivity contribution in [3.63, 3.8) is 0 Å². The van der Waals surface area contributed by atoms with Crippen LogP contribution in [0.3, 0.4) is 0 Å². The van der Waals surface area contributed by atoms with Crippen molar-refractivity contribution in [2.45, 2.75) is 41.5 Å². The molecule has 39 heavy (non-hydrogen) atoms. The van der Waals surface area contributed by atoms with Crippen molar-refractivity contribution in [3.05, 3.63) is 129 Å². The third-order valence-corrected chi connectivity index (χ3v) is 8.65. The van der Waals surface area contributed by atoms with Crippen LogP contribution in [0.5, 0.6) is 0 Å². The zero-order chi connectivity index (χ0) is 27.4. The molecule has 0 spiro atoms. The Morgan fingerprint density at radius 2 is 1.03 bits per heavy atom. The topological polar surface area (TPSA) is 4.93 Å². The van der Waals surface area contributed by atoms with Gasteiger partial charge in [-0.05, 0) is 77.9 Å². The number of benzene rings is 5. The maximum atomic E-state index is 3.75. The molecule has 1 heterocycles. The Morgan fingerprint density at radius 1 is 0.538 bits per heavy atom. The van der Waals surface area contributed by atoms with Crippen LogP contribution in [-0.2, 0) is 0 Å². The second-order valence-electron chi connectivity index (χ2n) is 11.2. The molecule has 1 aromatic heterocycles. The van der Waals surface area contributed by atoms with E-state index in [1.165, 1.54) is 77.3 Å². The van der Waals surface area contributed by atoms with Gasteiger partial charge in [-0.1, -0.05) is 120 Å². The number of nitrogens with zero attached hydrogens (tertiary/aromatic N) is 1. The van der Waals surface area contributed by atoms with Crippen LogP contribution >= 0.6 is 15.9 Å². The number of aromatic nitrogens is 1. The smallest absolute Gasteiger partial charge is 0.242 e. The van der Waals surface area contributed by atoms with Gasteiger partial charge < -0.3 is 4.57 Å². The summed E-state index contributed by atoms with van der Waals surface area (Å²) in [5, 5.41) is 2.54. The maximum absolute atomic E-state index is 3.75. The van der Waals surface area contributed by atoms with Gasteiger partial charge in [0.05, 0.1) is 11.0 Å². The number of fused-ring (bicyclic) bond motifs is 3. The SMILES string of the molecule is Cc1cc(C)c(B(c2ccc3c(c2)c2cc(Br)ccc2n3-c2ccccc2)c2c(C)cc(C)cc2C)c(C)c1. The van der Waals surface area contributed by atoms with Gasteiger partial charge in [0.1, 0.15) is 0 Å². The van der Waals surface area contributed by atoms with Gasteiger partial charge in [-0.2, -0.15) is 0 Å². The molecular weight excluding hydrogens is 537 g/mol. The molecule has 0 bridgehead atoms. The molecule has 5 aromatic carbocycles. The van der Waals surface area contributed by atoms with E-state index in [-0.39, 0.29) is 6.71 Å². The van der Waals surface area contributed by atoms with Gasteiger partial charge in [0.2, 0.25) is 6.71 Å². The number of para-hydroxylation sites is 1. The summed E-state index contributed by atoms with van der Waals surface area (Å²) >= 11 is 3.75. The lowest BCUT2D eigenvalue weighted by molar-refractivity contribution is 1.18. The monoisotopic (exact) mass is 569 g/mol. The molecule has 6 aromatic rings. The van der Waals surface area contributed by atoms with E-state index >= 15 is 0 Å². The van der Waals surface area contributed by atoms with Crippen LogP contribution in [-0.4, -0.2) is 11.3 Å². The average Bonchev–Trinajstić information content (AvgIpc) is 3.20. The molecule has 0 unspecified atom stereocenters. The van der Waals surface area contributed by atoms with Crippen molar-refractivity contribution < 1.29 is 0 Å².